The van der Waals surface area contributed by atoms with Gasteiger partial charge in [0.1, 0.15) is 17.1 Å². The van der Waals surface area contributed by atoms with E-state index in [1.807, 2.05) is 0 Å². The molecule has 8 heteroatoms. The normalized spacial score (nSPS) is 10.6. The van der Waals surface area contributed by atoms with E-state index in [0.29, 0.717) is 28.2 Å². The number of anilines is 2. The van der Waals surface area contributed by atoms with Gasteiger partial charge in [-0.25, -0.2) is 4.39 Å². The van der Waals surface area contributed by atoms with Gasteiger partial charge in [-0.3, -0.25) is 9.59 Å². The second kappa shape index (κ2) is 8.81. The molecule has 0 radical (unpaired) electrons. The molecule has 1 aromatic heterocycles. The van der Waals surface area contributed by atoms with Gasteiger partial charge in [-0.15, -0.1) is 0 Å². The molecule has 4 rings (SSSR count). The zero-order valence-corrected chi connectivity index (χ0v) is 17.3. The number of rotatable bonds is 6. The molecule has 2 N–H and O–H groups in total. The predicted molar refractivity (Wildman–Crippen MR) is 118 cm³/mol. The van der Waals surface area contributed by atoms with Gasteiger partial charge in [-0.1, -0.05) is 12.1 Å². The van der Waals surface area contributed by atoms with Crippen LogP contribution in [0.2, 0.25) is 0 Å². The van der Waals surface area contributed by atoms with E-state index in [0.717, 1.165) is 0 Å². The van der Waals surface area contributed by atoms with Crippen LogP contribution in [0.5, 0.6) is 11.5 Å². The Labute approximate surface area is 182 Å². The summed E-state index contributed by atoms with van der Waals surface area (Å²) in [6.07, 6.45) is 0. The van der Waals surface area contributed by atoms with E-state index in [2.05, 4.69) is 10.6 Å². The number of nitrogens with one attached hydrogen (secondary N) is 2. The van der Waals surface area contributed by atoms with Gasteiger partial charge in [0.25, 0.3) is 11.8 Å². The van der Waals surface area contributed by atoms with E-state index >= 15 is 0 Å². The van der Waals surface area contributed by atoms with Crippen LogP contribution in [0.1, 0.15) is 20.9 Å². The molecule has 0 fully saturated rings. The topological polar surface area (TPSA) is 89.8 Å². The standard InChI is InChI=1S/C24H19FN2O5/c1-30-19-12-11-16(13-20(19)31-2)26-24(29)22-21(17-5-3-4-6-18(17)32-22)27-23(28)14-7-9-15(25)10-8-14/h3-13H,1-2H3,(H,26,29)(H,27,28). The Morgan fingerprint density at radius 1 is 0.844 bits per heavy atom. The number of ether oxygens (including phenoxy) is 2. The van der Waals surface area contributed by atoms with E-state index in [-0.39, 0.29) is 17.0 Å². The van der Waals surface area contributed by atoms with Crippen LogP contribution in [-0.2, 0) is 0 Å². The largest absolute Gasteiger partial charge is 0.493 e. The van der Waals surface area contributed by atoms with Crippen molar-refractivity contribution >= 4 is 34.2 Å². The summed E-state index contributed by atoms with van der Waals surface area (Å²) in [5.74, 6) is -0.637. The third kappa shape index (κ3) is 4.11. The van der Waals surface area contributed by atoms with Crippen LogP contribution < -0.4 is 20.1 Å². The molecule has 0 spiro atoms. The molecule has 2 amide bonds. The summed E-state index contributed by atoms with van der Waals surface area (Å²) in [7, 11) is 3.01. The summed E-state index contributed by atoms with van der Waals surface area (Å²) in [6.45, 7) is 0. The van der Waals surface area contributed by atoms with Gasteiger partial charge in [-0.2, -0.15) is 0 Å². The fourth-order valence-corrected chi connectivity index (χ4v) is 3.22. The van der Waals surface area contributed by atoms with Gasteiger partial charge >= 0.3 is 0 Å². The Hall–Kier alpha value is -4.33. The minimum absolute atomic E-state index is 0.0727. The van der Waals surface area contributed by atoms with E-state index in [4.69, 9.17) is 13.9 Å². The SMILES string of the molecule is COc1ccc(NC(=O)c2oc3ccccc3c2NC(=O)c2ccc(F)cc2)cc1OC. The number of benzene rings is 3. The predicted octanol–water partition coefficient (Wildman–Crippen LogP) is 5.09. The first-order valence-corrected chi connectivity index (χ1v) is 9.62. The van der Waals surface area contributed by atoms with Crippen molar-refractivity contribution in [3.8, 4) is 11.5 Å². The van der Waals surface area contributed by atoms with Crippen LogP contribution in [0, 0.1) is 5.82 Å². The molecule has 0 saturated heterocycles. The lowest BCUT2D eigenvalue weighted by molar-refractivity contribution is 0.0999. The molecule has 3 aromatic carbocycles. The number of amides is 2. The summed E-state index contributed by atoms with van der Waals surface area (Å²) in [4.78, 5) is 25.8. The van der Waals surface area contributed by atoms with Gasteiger partial charge in [0, 0.05) is 22.7 Å². The summed E-state index contributed by atoms with van der Waals surface area (Å²) in [5.41, 5.74) is 1.33. The number of methoxy groups -OCH3 is 2. The lowest BCUT2D eigenvalue weighted by Gasteiger charge is -2.11. The Kier molecular flexibility index (Phi) is 5.76. The van der Waals surface area contributed by atoms with Crippen LogP contribution in [0.4, 0.5) is 15.8 Å². The maximum absolute atomic E-state index is 13.2. The second-order valence-corrected chi connectivity index (χ2v) is 6.79. The zero-order chi connectivity index (χ0) is 22.7. The van der Waals surface area contributed by atoms with Crippen LogP contribution in [0.25, 0.3) is 11.0 Å². The van der Waals surface area contributed by atoms with Crippen molar-refractivity contribution in [2.24, 2.45) is 0 Å². The maximum Gasteiger partial charge on any atom is 0.293 e. The molecular weight excluding hydrogens is 415 g/mol. The van der Waals surface area contributed by atoms with Gasteiger partial charge < -0.3 is 24.5 Å². The first-order valence-electron chi connectivity index (χ1n) is 9.62. The number of halogens is 1. The second-order valence-electron chi connectivity index (χ2n) is 6.79. The maximum atomic E-state index is 13.2. The zero-order valence-electron chi connectivity index (χ0n) is 17.3. The molecular formula is C24H19FN2O5. The molecule has 0 bridgehead atoms. The van der Waals surface area contributed by atoms with E-state index in [1.54, 1.807) is 42.5 Å². The van der Waals surface area contributed by atoms with Gasteiger partial charge in [0.15, 0.2) is 11.5 Å². The summed E-state index contributed by atoms with van der Waals surface area (Å²) >= 11 is 0. The third-order valence-electron chi connectivity index (χ3n) is 4.79. The number of hydrogen-bond donors (Lipinski definition) is 2. The highest BCUT2D eigenvalue weighted by Gasteiger charge is 2.23. The molecule has 0 unspecified atom stereocenters. The quantitative estimate of drug-likeness (QED) is 0.441. The number of fused-ring (bicyclic) bond motifs is 1. The van der Waals surface area contributed by atoms with E-state index in [9.17, 15) is 14.0 Å². The van der Waals surface area contributed by atoms with Crippen molar-refractivity contribution in [1.29, 1.82) is 0 Å². The third-order valence-corrected chi connectivity index (χ3v) is 4.79. The van der Waals surface area contributed by atoms with Gasteiger partial charge in [-0.05, 0) is 48.5 Å². The Balaban J connectivity index is 1.67. The number of hydrogen-bond acceptors (Lipinski definition) is 5. The molecule has 32 heavy (non-hydrogen) atoms. The van der Waals surface area contributed by atoms with E-state index in [1.165, 1.54) is 38.5 Å². The number of carbonyl (C=O) groups is 2. The molecule has 0 aliphatic carbocycles. The molecule has 0 saturated carbocycles. The lowest BCUT2D eigenvalue weighted by atomic mass is 10.1. The van der Waals surface area contributed by atoms with Crippen molar-refractivity contribution in [3.05, 3.63) is 83.9 Å². The van der Waals surface area contributed by atoms with Gasteiger partial charge in [0.05, 0.1) is 14.2 Å². The van der Waals surface area contributed by atoms with Crippen LogP contribution in [0.15, 0.2) is 71.1 Å². The fourth-order valence-electron chi connectivity index (χ4n) is 3.22. The molecule has 7 nitrogen and oxygen atoms in total. The van der Waals surface area contributed by atoms with E-state index < -0.39 is 17.6 Å². The molecule has 0 atom stereocenters. The first-order chi connectivity index (χ1) is 15.5. The average molecular weight is 434 g/mol. The highest BCUT2D eigenvalue weighted by Crippen LogP contribution is 2.33. The minimum Gasteiger partial charge on any atom is -0.493 e. The molecule has 4 aromatic rings. The van der Waals surface area contributed by atoms with Crippen molar-refractivity contribution < 1.29 is 27.9 Å². The smallest absolute Gasteiger partial charge is 0.293 e. The molecule has 162 valence electrons. The summed E-state index contributed by atoms with van der Waals surface area (Å²) in [6, 6.07) is 16.9. The highest BCUT2D eigenvalue weighted by atomic mass is 19.1. The Bertz CT molecular complexity index is 1300. The lowest BCUT2D eigenvalue weighted by Crippen LogP contribution is -2.17. The molecule has 0 aliphatic heterocycles. The number of para-hydroxylation sites is 1. The Morgan fingerprint density at radius 2 is 1.56 bits per heavy atom. The Morgan fingerprint density at radius 3 is 2.28 bits per heavy atom. The van der Waals surface area contributed by atoms with Crippen molar-refractivity contribution in [2.75, 3.05) is 24.9 Å². The monoisotopic (exact) mass is 434 g/mol. The number of furan rings is 1. The van der Waals surface area contributed by atoms with Crippen molar-refractivity contribution in [2.45, 2.75) is 0 Å². The van der Waals surface area contributed by atoms with Crippen LogP contribution in [0.3, 0.4) is 0 Å². The number of carbonyl (C=O) groups excluding carboxylic acids is 2. The van der Waals surface area contributed by atoms with Crippen LogP contribution >= 0.6 is 0 Å². The first kappa shape index (κ1) is 20.9. The minimum atomic E-state index is -0.567. The van der Waals surface area contributed by atoms with Gasteiger partial charge in [0.2, 0.25) is 5.76 Å². The fraction of sp³-hybridized carbons (Fsp3) is 0.0833. The van der Waals surface area contributed by atoms with Crippen molar-refractivity contribution in [3.63, 3.8) is 0 Å². The molecule has 0 aliphatic rings. The summed E-state index contributed by atoms with van der Waals surface area (Å²) in [5, 5.41) is 6.01. The average Bonchev–Trinajstić information content (AvgIpc) is 3.18. The highest BCUT2D eigenvalue weighted by molar-refractivity contribution is 6.16. The van der Waals surface area contributed by atoms with Crippen LogP contribution in [-0.4, -0.2) is 26.0 Å². The van der Waals surface area contributed by atoms with Crippen molar-refractivity contribution in [1.82, 2.24) is 0 Å². The molecule has 1 heterocycles. The summed E-state index contributed by atoms with van der Waals surface area (Å²) < 4.78 is 29.4.